The smallest absolute Gasteiger partial charge is 0.164 e. The van der Waals surface area contributed by atoms with E-state index in [-0.39, 0.29) is 5.78 Å². The standard InChI is InChI=1S/C17H26N2O/c1-4-16-13-19(12-11-18(16)3)10-9-17(20)15-7-5-14(2)6-8-15/h5-8,16H,4,9-13H2,1-3H3. The third kappa shape index (κ3) is 3.90. The van der Waals surface area contributed by atoms with Crippen molar-refractivity contribution in [3.05, 3.63) is 35.4 Å². The van der Waals surface area contributed by atoms with E-state index in [2.05, 4.69) is 23.8 Å². The third-order valence-electron chi connectivity index (χ3n) is 4.36. The number of nitrogens with zero attached hydrogens (tertiary/aromatic N) is 2. The van der Waals surface area contributed by atoms with Crippen molar-refractivity contribution < 1.29 is 4.79 Å². The first-order valence-corrected chi connectivity index (χ1v) is 7.62. The summed E-state index contributed by atoms with van der Waals surface area (Å²) in [6.45, 7) is 8.45. The summed E-state index contributed by atoms with van der Waals surface area (Å²) in [5.41, 5.74) is 2.04. The SMILES string of the molecule is CCC1CN(CCC(=O)c2ccc(C)cc2)CCN1C. The van der Waals surface area contributed by atoms with Crippen LogP contribution >= 0.6 is 0 Å². The molecule has 0 N–H and O–H groups in total. The molecule has 1 aromatic rings. The number of carbonyl (C=O) groups is 1. The van der Waals surface area contributed by atoms with Crippen LogP contribution in [0.4, 0.5) is 0 Å². The number of hydrogen-bond donors (Lipinski definition) is 0. The maximum Gasteiger partial charge on any atom is 0.164 e. The summed E-state index contributed by atoms with van der Waals surface area (Å²) in [5, 5.41) is 0. The molecule has 20 heavy (non-hydrogen) atoms. The Morgan fingerprint density at radius 2 is 1.95 bits per heavy atom. The van der Waals surface area contributed by atoms with Gasteiger partial charge in [-0.05, 0) is 20.4 Å². The topological polar surface area (TPSA) is 23.6 Å². The summed E-state index contributed by atoms with van der Waals surface area (Å²) in [6.07, 6.45) is 1.81. The monoisotopic (exact) mass is 274 g/mol. The molecule has 0 aromatic heterocycles. The highest BCUT2D eigenvalue weighted by atomic mass is 16.1. The third-order valence-corrected chi connectivity index (χ3v) is 4.36. The van der Waals surface area contributed by atoms with Crippen LogP contribution in [0, 0.1) is 6.92 Å². The van der Waals surface area contributed by atoms with Crippen LogP contribution in [0.5, 0.6) is 0 Å². The Morgan fingerprint density at radius 3 is 2.60 bits per heavy atom. The molecule has 0 aliphatic carbocycles. The fourth-order valence-corrected chi connectivity index (χ4v) is 2.80. The normalized spacial score (nSPS) is 21.1. The molecule has 110 valence electrons. The Bertz CT molecular complexity index is 441. The molecule has 1 aliphatic heterocycles. The van der Waals surface area contributed by atoms with Gasteiger partial charge in [0.1, 0.15) is 0 Å². The lowest BCUT2D eigenvalue weighted by Crippen LogP contribution is -2.51. The van der Waals surface area contributed by atoms with E-state index in [1.165, 1.54) is 12.0 Å². The highest BCUT2D eigenvalue weighted by molar-refractivity contribution is 5.96. The molecule has 0 bridgehead atoms. The zero-order valence-electron chi connectivity index (χ0n) is 12.9. The van der Waals surface area contributed by atoms with E-state index in [9.17, 15) is 4.79 Å². The van der Waals surface area contributed by atoms with Crippen molar-refractivity contribution in [2.45, 2.75) is 32.7 Å². The van der Waals surface area contributed by atoms with Gasteiger partial charge in [0.2, 0.25) is 0 Å². The summed E-state index contributed by atoms with van der Waals surface area (Å²) in [4.78, 5) is 17.0. The molecule has 1 aromatic carbocycles. The highest BCUT2D eigenvalue weighted by Gasteiger charge is 2.22. The Morgan fingerprint density at radius 1 is 1.25 bits per heavy atom. The van der Waals surface area contributed by atoms with Crippen LogP contribution in [0.1, 0.15) is 35.7 Å². The molecule has 0 amide bonds. The van der Waals surface area contributed by atoms with Crippen molar-refractivity contribution in [3.8, 4) is 0 Å². The number of Topliss-reactive ketones (excluding diaryl/α,β-unsaturated/α-hetero) is 1. The average molecular weight is 274 g/mol. The van der Waals surface area contributed by atoms with Gasteiger partial charge in [-0.15, -0.1) is 0 Å². The Labute approximate surface area is 122 Å². The predicted octanol–water partition coefficient (Wildman–Crippen LogP) is 2.59. The van der Waals surface area contributed by atoms with Gasteiger partial charge in [-0.2, -0.15) is 0 Å². The molecule has 2 rings (SSSR count). The van der Waals surface area contributed by atoms with Crippen LogP contribution in [-0.2, 0) is 0 Å². The van der Waals surface area contributed by atoms with Gasteiger partial charge in [-0.25, -0.2) is 0 Å². The van der Waals surface area contributed by atoms with Gasteiger partial charge in [0.05, 0.1) is 0 Å². The molecule has 0 spiro atoms. The number of likely N-dealkylation sites (N-methyl/N-ethyl adjacent to an activating group) is 1. The molecule has 1 aliphatic rings. The van der Waals surface area contributed by atoms with Crippen molar-refractivity contribution in [1.29, 1.82) is 0 Å². The van der Waals surface area contributed by atoms with E-state index in [0.717, 1.165) is 31.7 Å². The Balaban J connectivity index is 1.83. The van der Waals surface area contributed by atoms with Crippen molar-refractivity contribution in [2.24, 2.45) is 0 Å². The van der Waals surface area contributed by atoms with Gasteiger partial charge in [0.15, 0.2) is 5.78 Å². The van der Waals surface area contributed by atoms with E-state index in [4.69, 9.17) is 0 Å². The summed E-state index contributed by atoms with van der Waals surface area (Å²) >= 11 is 0. The molecule has 3 heteroatoms. The second kappa shape index (κ2) is 7.00. The number of piperazine rings is 1. The van der Waals surface area contributed by atoms with Gasteiger partial charge in [0, 0.05) is 44.2 Å². The molecule has 0 saturated carbocycles. The summed E-state index contributed by atoms with van der Waals surface area (Å²) in [7, 11) is 2.20. The Hall–Kier alpha value is -1.19. The molecule has 1 fully saturated rings. The molecule has 1 unspecified atom stereocenters. The first-order valence-electron chi connectivity index (χ1n) is 7.62. The molecule has 1 heterocycles. The zero-order valence-corrected chi connectivity index (χ0v) is 12.9. The summed E-state index contributed by atoms with van der Waals surface area (Å²) in [6, 6.07) is 8.54. The molecule has 1 atom stereocenters. The lowest BCUT2D eigenvalue weighted by atomic mass is 10.1. The number of benzene rings is 1. The largest absolute Gasteiger partial charge is 0.301 e. The minimum Gasteiger partial charge on any atom is -0.301 e. The van der Waals surface area contributed by atoms with Crippen LogP contribution in [0.25, 0.3) is 0 Å². The first kappa shape index (κ1) is 15.2. The fourth-order valence-electron chi connectivity index (χ4n) is 2.80. The van der Waals surface area contributed by atoms with Gasteiger partial charge in [-0.3, -0.25) is 4.79 Å². The van der Waals surface area contributed by atoms with Gasteiger partial charge < -0.3 is 9.80 Å². The first-order chi connectivity index (χ1) is 9.60. The van der Waals surface area contributed by atoms with E-state index >= 15 is 0 Å². The van der Waals surface area contributed by atoms with Crippen LogP contribution < -0.4 is 0 Å². The predicted molar refractivity (Wildman–Crippen MR) is 83.3 cm³/mol. The second-order valence-corrected chi connectivity index (χ2v) is 5.88. The number of carbonyl (C=O) groups excluding carboxylic acids is 1. The van der Waals surface area contributed by atoms with Crippen LogP contribution in [0.2, 0.25) is 0 Å². The quantitative estimate of drug-likeness (QED) is 0.771. The number of ketones is 1. The van der Waals surface area contributed by atoms with Crippen LogP contribution in [0.15, 0.2) is 24.3 Å². The molecule has 3 nitrogen and oxygen atoms in total. The lowest BCUT2D eigenvalue weighted by molar-refractivity contribution is 0.0824. The minimum absolute atomic E-state index is 0.261. The van der Waals surface area contributed by atoms with Crippen molar-refractivity contribution >= 4 is 5.78 Å². The van der Waals surface area contributed by atoms with Crippen molar-refractivity contribution in [2.75, 3.05) is 33.2 Å². The minimum atomic E-state index is 0.261. The zero-order chi connectivity index (χ0) is 14.5. The fraction of sp³-hybridized carbons (Fsp3) is 0.588. The maximum atomic E-state index is 12.2. The van der Waals surface area contributed by atoms with E-state index < -0.39 is 0 Å². The lowest BCUT2D eigenvalue weighted by Gasteiger charge is -2.39. The van der Waals surface area contributed by atoms with E-state index in [1.807, 2.05) is 31.2 Å². The van der Waals surface area contributed by atoms with Crippen molar-refractivity contribution in [3.63, 3.8) is 0 Å². The summed E-state index contributed by atoms with van der Waals surface area (Å²) < 4.78 is 0. The van der Waals surface area contributed by atoms with Gasteiger partial charge >= 0.3 is 0 Å². The molecular formula is C17H26N2O. The molecule has 0 radical (unpaired) electrons. The maximum absolute atomic E-state index is 12.2. The van der Waals surface area contributed by atoms with E-state index in [0.29, 0.717) is 12.5 Å². The van der Waals surface area contributed by atoms with Crippen molar-refractivity contribution in [1.82, 2.24) is 9.80 Å². The van der Waals surface area contributed by atoms with Gasteiger partial charge in [0.25, 0.3) is 0 Å². The Kier molecular flexibility index (Phi) is 5.32. The van der Waals surface area contributed by atoms with Gasteiger partial charge in [-0.1, -0.05) is 36.8 Å². The number of hydrogen-bond acceptors (Lipinski definition) is 3. The second-order valence-electron chi connectivity index (χ2n) is 5.88. The van der Waals surface area contributed by atoms with Crippen LogP contribution in [0.3, 0.4) is 0 Å². The number of rotatable bonds is 5. The molecular weight excluding hydrogens is 248 g/mol. The highest BCUT2D eigenvalue weighted by Crippen LogP contribution is 2.12. The summed E-state index contributed by atoms with van der Waals surface area (Å²) in [5.74, 6) is 0.261. The van der Waals surface area contributed by atoms with Crippen LogP contribution in [-0.4, -0.2) is 54.9 Å². The molecule has 1 saturated heterocycles. The van der Waals surface area contributed by atoms with E-state index in [1.54, 1.807) is 0 Å². The number of aryl methyl sites for hydroxylation is 1. The average Bonchev–Trinajstić information content (AvgIpc) is 2.46.